The van der Waals surface area contributed by atoms with E-state index in [2.05, 4.69) is 15.5 Å². The maximum Gasteiger partial charge on any atom is 0.251 e. The Labute approximate surface area is 174 Å². The highest BCUT2D eigenvalue weighted by molar-refractivity contribution is 6.41. The summed E-state index contributed by atoms with van der Waals surface area (Å²) in [6.07, 6.45) is 0.703. The molecule has 1 N–H and O–H groups in total. The molecule has 0 saturated heterocycles. The van der Waals surface area contributed by atoms with Crippen LogP contribution in [-0.4, -0.2) is 32.0 Å². The lowest BCUT2D eigenvalue weighted by Crippen LogP contribution is -2.25. The van der Waals surface area contributed by atoms with Crippen LogP contribution >= 0.6 is 23.2 Å². The highest BCUT2D eigenvalue weighted by atomic mass is 35.5. The second kappa shape index (κ2) is 8.80. The van der Waals surface area contributed by atoms with Crippen LogP contribution in [0.4, 0.5) is 0 Å². The Morgan fingerprint density at radius 3 is 2.54 bits per heavy atom. The third-order valence-corrected chi connectivity index (χ3v) is 5.39. The quantitative estimate of drug-likeness (QED) is 0.584. The molecule has 3 aromatic rings. The molecule has 0 spiro atoms. The van der Waals surface area contributed by atoms with Crippen LogP contribution in [0, 0.1) is 20.8 Å². The molecule has 0 atom stereocenters. The van der Waals surface area contributed by atoms with Crippen molar-refractivity contribution in [1.29, 1.82) is 0 Å². The van der Waals surface area contributed by atoms with Crippen molar-refractivity contribution in [2.45, 2.75) is 40.3 Å². The molecule has 0 fully saturated rings. The summed E-state index contributed by atoms with van der Waals surface area (Å²) in [5.74, 6) is -0.101. The van der Waals surface area contributed by atoms with E-state index in [1.165, 1.54) is 0 Å². The van der Waals surface area contributed by atoms with Crippen molar-refractivity contribution in [3.63, 3.8) is 0 Å². The Morgan fingerprint density at radius 1 is 1.11 bits per heavy atom. The standard InChI is InChI=1S/C20H23Cl2N5O/c1-13-10-14(2)27(24-13)12-16-6-4-7-17(11-16)20(28)23-8-5-9-26-19(22)18(21)15(3)25-26/h4,6-7,10-11H,5,8-9,12H2,1-3H3,(H,23,28). The molecule has 1 aromatic carbocycles. The molecular formula is C20H23Cl2N5O. The van der Waals surface area contributed by atoms with Gasteiger partial charge in [-0.1, -0.05) is 35.3 Å². The fraction of sp³-hybridized carbons (Fsp3) is 0.350. The molecule has 6 nitrogen and oxygen atoms in total. The molecule has 28 heavy (non-hydrogen) atoms. The molecule has 0 unspecified atom stereocenters. The zero-order valence-corrected chi connectivity index (χ0v) is 17.7. The Kier molecular flexibility index (Phi) is 6.42. The second-order valence-electron chi connectivity index (χ2n) is 6.81. The molecular weight excluding hydrogens is 397 g/mol. The highest BCUT2D eigenvalue weighted by Gasteiger charge is 2.11. The van der Waals surface area contributed by atoms with E-state index in [1.54, 1.807) is 4.68 Å². The van der Waals surface area contributed by atoms with Gasteiger partial charge in [-0.25, -0.2) is 0 Å². The maximum atomic E-state index is 12.5. The number of rotatable bonds is 7. The van der Waals surface area contributed by atoms with Crippen LogP contribution in [0.25, 0.3) is 0 Å². The molecule has 0 aliphatic carbocycles. The van der Waals surface area contributed by atoms with Gasteiger partial charge >= 0.3 is 0 Å². The minimum Gasteiger partial charge on any atom is -0.352 e. The number of carbonyl (C=O) groups excluding carboxylic acids is 1. The number of carbonyl (C=O) groups is 1. The molecule has 148 valence electrons. The van der Waals surface area contributed by atoms with E-state index in [9.17, 15) is 4.79 Å². The van der Waals surface area contributed by atoms with Crippen LogP contribution in [0.5, 0.6) is 0 Å². The Hall–Kier alpha value is -2.31. The van der Waals surface area contributed by atoms with Gasteiger partial charge in [0.2, 0.25) is 0 Å². The van der Waals surface area contributed by atoms with Crippen LogP contribution in [0.3, 0.4) is 0 Å². The minimum absolute atomic E-state index is 0.101. The monoisotopic (exact) mass is 419 g/mol. The number of benzene rings is 1. The number of hydrogen-bond acceptors (Lipinski definition) is 3. The lowest BCUT2D eigenvalue weighted by Gasteiger charge is -2.09. The Balaban J connectivity index is 1.54. The summed E-state index contributed by atoms with van der Waals surface area (Å²) < 4.78 is 3.59. The van der Waals surface area contributed by atoms with E-state index in [1.807, 2.05) is 55.8 Å². The average Bonchev–Trinajstić information content (AvgIpc) is 3.11. The van der Waals surface area contributed by atoms with E-state index in [-0.39, 0.29) is 5.91 Å². The number of aryl methyl sites for hydroxylation is 4. The van der Waals surface area contributed by atoms with E-state index in [4.69, 9.17) is 23.2 Å². The predicted molar refractivity (Wildman–Crippen MR) is 111 cm³/mol. The summed E-state index contributed by atoms with van der Waals surface area (Å²) >= 11 is 12.2. The Morgan fingerprint density at radius 2 is 1.89 bits per heavy atom. The van der Waals surface area contributed by atoms with Gasteiger partial charge in [0.1, 0.15) is 10.2 Å². The second-order valence-corrected chi connectivity index (χ2v) is 7.54. The first-order valence-electron chi connectivity index (χ1n) is 9.11. The van der Waals surface area contributed by atoms with Crippen LogP contribution < -0.4 is 5.32 Å². The van der Waals surface area contributed by atoms with Crippen molar-refractivity contribution >= 4 is 29.1 Å². The molecule has 0 saturated carbocycles. The molecule has 1 amide bonds. The first-order chi connectivity index (χ1) is 13.3. The molecule has 2 heterocycles. The first-order valence-corrected chi connectivity index (χ1v) is 9.87. The average molecular weight is 420 g/mol. The van der Waals surface area contributed by atoms with Gasteiger partial charge in [0.25, 0.3) is 5.91 Å². The molecule has 0 aliphatic rings. The van der Waals surface area contributed by atoms with Crippen molar-refractivity contribution in [1.82, 2.24) is 24.9 Å². The van der Waals surface area contributed by atoms with Gasteiger partial charge in [-0.05, 0) is 51.0 Å². The van der Waals surface area contributed by atoms with Crippen LogP contribution in [0.2, 0.25) is 10.2 Å². The zero-order chi connectivity index (χ0) is 20.3. The van der Waals surface area contributed by atoms with Crippen molar-refractivity contribution < 1.29 is 4.79 Å². The fourth-order valence-corrected chi connectivity index (χ4v) is 3.43. The zero-order valence-electron chi connectivity index (χ0n) is 16.2. The van der Waals surface area contributed by atoms with Crippen LogP contribution in [0.1, 0.15) is 39.4 Å². The largest absolute Gasteiger partial charge is 0.352 e. The van der Waals surface area contributed by atoms with Crippen molar-refractivity contribution in [3.05, 3.63) is 68.7 Å². The normalized spacial score (nSPS) is 11.0. The lowest BCUT2D eigenvalue weighted by atomic mass is 10.1. The summed E-state index contributed by atoms with van der Waals surface area (Å²) in [5.41, 5.74) is 4.46. The number of amides is 1. The maximum absolute atomic E-state index is 12.5. The van der Waals surface area contributed by atoms with Gasteiger partial charge in [0.15, 0.2) is 0 Å². The van der Waals surface area contributed by atoms with E-state index in [0.717, 1.165) is 17.0 Å². The van der Waals surface area contributed by atoms with Gasteiger partial charge in [-0.15, -0.1) is 0 Å². The van der Waals surface area contributed by atoms with Gasteiger partial charge < -0.3 is 5.32 Å². The number of nitrogens with one attached hydrogen (secondary N) is 1. The summed E-state index contributed by atoms with van der Waals surface area (Å²) in [6.45, 7) is 7.55. The van der Waals surface area contributed by atoms with E-state index >= 15 is 0 Å². The number of hydrogen-bond donors (Lipinski definition) is 1. The molecule has 3 rings (SSSR count). The summed E-state index contributed by atoms with van der Waals surface area (Å²) in [5, 5.41) is 12.6. The summed E-state index contributed by atoms with van der Waals surface area (Å²) in [4.78, 5) is 12.5. The van der Waals surface area contributed by atoms with Gasteiger partial charge in [-0.2, -0.15) is 10.2 Å². The van der Waals surface area contributed by atoms with Crippen LogP contribution in [-0.2, 0) is 13.1 Å². The predicted octanol–water partition coefficient (Wildman–Crippen LogP) is 4.18. The smallest absolute Gasteiger partial charge is 0.251 e. The minimum atomic E-state index is -0.101. The van der Waals surface area contributed by atoms with Crippen LogP contribution in [0.15, 0.2) is 30.3 Å². The SMILES string of the molecule is Cc1cc(C)n(Cc2cccc(C(=O)NCCCn3nc(C)c(Cl)c3Cl)c2)n1. The molecule has 2 aromatic heterocycles. The third kappa shape index (κ3) is 4.75. The summed E-state index contributed by atoms with van der Waals surface area (Å²) in [6, 6.07) is 9.65. The molecule has 0 aliphatic heterocycles. The highest BCUT2D eigenvalue weighted by Crippen LogP contribution is 2.24. The molecule has 0 radical (unpaired) electrons. The van der Waals surface area contributed by atoms with E-state index in [0.29, 0.717) is 47.5 Å². The van der Waals surface area contributed by atoms with Crippen molar-refractivity contribution in [2.24, 2.45) is 0 Å². The number of halogens is 2. The van der Waals surface area contributed by atoms with Gasteiger partial charge in [-0.3, -0.25) is 14.2 Å². The molecule has 8 heteroatoms. The molecule has 0 bridgehead atoms. The van der Waals surface area contributed by atoms with Crippen molar-refractivity contribution in [2.75, 3.05) is 6.54 Å². The van der Waals surface area contributed by atoms with E-state index < -0.39 is 0 Å². The van der Waals surface area contributed by atoms with Gasteiger partial charge in [0, 0.05) is 24.3 Å². The first kappa shape index (κ1) is 20.4. The van der Waals surface area contributed by atoms with Gasteiger partial charge in [0.05, 0.1) is 17.9 Å². The lowest BCUT2D eigenvalue weighted by molar-refractivity contribution is 0.0952. The third-order valence-electron chi connectivity index (χ3n) is 4.45. The Bertz CT molecular complexity index is 993. The fourth-order valence-electron chi connectivity index (χ4n) is 3.03. The van der Waals surface area contributed by atoms with Crippen molar-refractivity contribution in [3.8, 4) is 0 Å². The number of nitrogens with zero attached hydrogens (tertiary/aromatic N) is 4. The number of aromatic nitrogens is 4. The topological polar surface area (TPSA) is 64.7 Å². The summed E-state index contributed by atoms with van der Waals surface area (Å²) in [7, 11) is 0.